The topological polar surface area (TPSA) is 112 Å². The molecule has 0 saturated heterocycles. The molecule has 0 amide bonds. The maximum Gasteiger partial charge on any atom is 0.338 e. The largest absolute Gasteiger partial charge is 0.457 e. The number of benzene rings is 3. The molecule has 8 nitrogen and oxygen atoms in total. The quantitative estimate of drug-likeness (QED) is 0.0798. The monoisotopic (exact) mass is 586 g/mol. The second-order valence-corrected chi connectivity index (χ2v) is 9.94. The number of carbonyl (C=O) groups is 2. The molecule has 1 atom stereocenters. The van der Waals surface area contributed by atoms with Crippen LogP contribution in [-0.4, -0.2) is 49.0 Å². The minimum atomic E-state index is -0.778. The average Bonchev–Trinajstić information content (AvgIpc) is 3.03. The zero-order valence-electron chi connectivity index (χ0n) is 24.6. The number of hydrogen-bond acceptors (Lipinski definition) is 8. The molecule has 0 spiro atoms. The number of carbonyl (C=O) groups excluding carboxylic acids is 2. The molecule has 0 heterocycles. The molecule has 1 unspecified atom stereocenters. The van der Waals surface area contributed by atoms with Crippen molar-refractivity contribution in [1.82, 2.24) is 0 Å². The van der Waals surface area contributed by atoms with E-state index in [1.165, 1.54) is 24.8 Å². The van der Waals surface area contributed by atoms with E-state index < -0.39 is 31.3 Å². The highest BCUT2D eigenvalue weighted by Crippen LogP contribution is 2.30. The summed E-state index contributed by atoms with van der Waals surface area (Å²) in [7, 11) is 0. The van der Waals surface area contributed by atoms with Crippen LogP contribution >= 0.6 is 0 Å². The Morgan fingerprint density at radius 3 is 1.95 bits per heavy atom. The van der Waals surface area contributed by atoms with Crippen molar-refractivity contribution < 1.29 is 38.7 Å². The number of esters is 2. The molecule has 8 heteroatoms. The van der Waals surface area contributed by atoms with E-state index >= 15 is 0 Å². The first kappa shape index (κ1) is 32.9. The Hall–Kier alpha value is -4.58. The Balaban J connectivity index is 1.73. The van der Waals surface area contributed by atoms with Crippen LogP contribution in [0.3, 0.4) is 0 Å². The Morgan fingerprint density at radius 1 is 0.814 bits per heavy atom. The van der Waals surface area contributed by atoms with E-state index in [4.69, 9.17) is 29.2 Å². The van der Waals surface area contributed by atoms with Gasteiger partial charge in [0.25, 0.3) is 0 Å². The van der Waals surface area contributed by atoms with Crippen molar-refractivity contribution in [3.8, 4) is 34.5 Å². The van der Waals surface area contributed by atoms with Gasteiger partial charge in [-0.2, -0.15) is 0 Å². The van der Waals surface area contributed by atoms with E-state index in [1.54, 1.807) is 25.1 Å². The van der Waals surface area contributed by atoms with Gasteiger partial charge in [-0.1, -0.05) is 62.5 Å². The van der Waals surface area contributed by atoms with Crippen molar-refractivity contribution in [3.05, 3.63) is 95.6 Å². The maximum absolute atomic E-state index is 11.9. The van der Waals surface area contributed by atoms with E-state index in [2.05, 4.69) is 37.5 Å². The van der Waals surface area contributed by atoms with E-state index in [1.807, 2.05) is 36.4 Å². The summed E-state index contributed by atoms with van der Waals surface area (Å²) in [5.41, 5.74) is 4.60. The molecule has 0 fully saturated rings. The summed E-state index contributed by atoms with van der Waals surface area (Å²) in [6.07, 6.45) is 4.72. The fourth-order valence-electron chi connectivity index (χ4n) is 3.82. The van der Waals surface area contributed by atoms with Gasteiger partial charge in [-0.05, 0) is 72.9 Å². The summed E-state index contributed by atoms with van der Waals surface area (Å²) in [6, 6.07) is 21.1. The lowest BCUT2D eigenvalue weighted by Gasteiger charge is -2.14. The van der Waals surface area contributed by atoms with Gasteiger partial charge in [0.05, 0.1) is 24.7 Å². The SMILES string of the molecule is C=C(CO)C(=O)OCOc1cc(OCOC(=O)C(C)CO)cc(-c2ccc(C#Cc3ccc(CCCCC)cc3)cc2)c1. The summed E-state index contributed by atoms with van der Waals surface area (Å²) < 4.78 is 21.3. The molecule has 3 rings (SSSR count). The fourth-order valence-corrected chi connectivity index (χ4v) is 3.82. The highest BCUT2D eigenvalue weighted by Gasteiger charge is 2.14. The van der Waals surface area contributed by atoms with Crippen molar-refractivity contribution in [2.75, 3.05) is 26.8 Å². The summed E-state index contributed by atoms with van der Waals surface area (Å²) in [5, 5.41) is 18.2. The Labute approximate surface area is 252 Å². The first-order valence-corrected chi connectivity index (χ1v) is 14.2. The first-order chi connectivity index (χ1) is 20.8. The van der Waals surface area contributed by atoms with Gasteiger partial charge in [0.15, 0.2) is 0 Å². The van der Waals surface area contributed by atoms with Crippen molar-refractivity contribution in [2.45, 2.75) is 39.5 Å². The number of aliphatic hydroxyl groups excluding tert-OH is 2. The molecule has 0 aromatic heterocycles. The number of ether oxygens (including phenoxy) is 4. The molecule has 3 aromatic rings. The van der Waals surface area contributed by atoms with Crippen LogP contribution in [0.4, 0.5) is 0 Å². The molecule has 0 bridgehead atoms. The molecule has 3 aromatic carbocycles. The van der Waals surface area contributed by atoms with Crippen LogP contribution < -0.4 is 9.47 Å². The van der Waals surface area contributed by atoms with Gasteiger partial charge in [0.1, 0.15) is 11.5 Å². The highest BCUT2D eigenvalue weighted by atomic mass is 16.7. The smallest absolute Gasteiger partial charge is 0.338 e. The first-order valence-electron chi connectivity index (χ1n) is 14.2. The molecular formula is C35H38O8. The fraction of sp³-hybridized carbons (Fsp3) is 0.314. The van der Waals surface area contributed by atoms with E-state index in [-0.39, 0.29) is 19.0 Å². The third-order valence-corrected chi connectivity index (χ3v) is 6.47. The van der Waals surface area contributed by atoms with E-state index in [0.717, 1.165) is 28.7 Å². The van der Waals surface area contributed by atoms with E-state index in [0.29, 0.717) is 11.5 Å². The minimum absolute atomic E-state index is 0.0945. The van der Waals surface area contributed by atoms with Crippen molar-refractivity contribution in [1.29, 1.82) is 0 Å². The third kappa shape index (κ3) is 11.0. The number of hydrogen-bond donors (Lipinski definition) is 2. The van der Waals surface area contributed by atoms with Crippen LogP contribution in [-0.2, 0) is 25.5 Å². The molecular weight excluding hydrogens is 548 g/mol. The second-order valence-electron chi connectivity index (χ2n) is 9.94. The number of aryl methyl sites for hydroxylation is 1. The van der Waals surface area contributed by atoms with Crippen LogP contribution in [0.1, 0.15) is 49.8 Å². The van der Waals surface area contributed by atoms with Gasteiger partial charge in [-0.25, -0.2) is 4.79 Å². The lowest BCUT2D eigenvalue weighted by molar-refractivity contribution is -0.155. The number of unbranched alkanes of at least 4 members (excludes halogenated alkanes) is 2. The van der Waals surface area contributed by atoms with Gasteiger partial charge in [-0.15, -0.1) is 0 Å². The van der Waals surface area contributed by atoms with Crippen LogP contribution in [0.15, 0.2) is 78.9 Å². The van der Waals surface area contributed by atoms with Gasteiger partial charge in [0, 0.05) is 17.2 Å². The third-order valence-electron chi connectivity index (χ3n) is 6.47. The predicted octanol–water partition coefficient (Wildman–Crippen LogP) is 5.42. The van der Waals surface area contributed by atoms with Crippen LogP contribution in [0.5, 0.6) is 11.5 Å². The molecule has 2 N–H and O–H groups in total. The minimum Gasteiger partial charge on any atom is -0.457 e. The van der Waals surface area contributed by atoms with Crippen LogP contribution in [0.25, 0.3) is 11.1 Å². The molecule has 0 aliphatic rings. The Bertz CT molecular complexity index is 1410. The van der Waals surface area contributed by atoms with Gasteiger partial charge in [-0.3, -0.25) is 4.79 Å². The lowest BCUT2D eigenvalue weighted by Crippen LogP contribution is -2.20. The number of rotatable bonds is 15. The molecule has 0 radical (unpaired) electrons. The predicted molar refractivity (Wildman–Crippen MR) is 163 cm³/mol. The van der Waals surface area contributed by atoms with Gasteiger partial charge >= 0.3 is 11.9 Å². The summed E-state index contributed by atoms with van der Waals surface area (Å²) in [5.74, 6) is 5.03. The second kappa shape index (κ2) is 17.4. The van der Waals surface area contributed by atoms with Crippen molar-refractivity contribution in [2.24, 2.45) is 5.92 Å². The molecule has 0 aliphatic carbocycles. The summed E-state index contributed by atoms with van der Waals surface area (Å²) in [4.78, 5) is 23.7. The Kier molecular flexibility index (Phi) is 13.3. The number of aliphatic hydroxyl groups is 2. The molecule has 0 saturated carbocycles. The lowest BCUT2D eigenvalue weighted by atomic mass is 10.0. The standard InChI is InChI=1S/C35H38O8/c1-4-5-6-7-27-8-10-28(11-9-27)12-13-29-14-16-30(17-15-29)31-18-32(40-23-42-34(38)25(2)21-36)20-33(19-31)41-24-43-35(39)26(3)22-37/h8-11,14-20,26,36-37H,2,4-7,21-24H2,1,3H3. The van der Waals surface area contributed by atoms with Crippen LogP contribution in [0, 0.1) is 17.8 Å². The molecule has 43 heavy (non-hydrogen) atoms. The average molecular weight is 587 g/mol. The summed E-state index contributed by atoms with van der Waals surface area (Å²) in [6.45, 7) is 5.52. The molecule has 226 valence electrons. The Morgan fingerprint density at radius 2 is 1.40 bits per heavy atom. The van der Waals surface area contributed by atoms with Gasteiger partial charge < -0.3 is 29.2 Å². The summed E-state index contributed by atoms with van der Waals surface area (Å²) >= 11 is 0. The zero-order valence-corrected chi connectivity index (χ0v) is 24.6. The van der Waals surface area contributed by atoms with Crippen molar-refractivity contribution in [3.63, 3.8) is 0 Å². The van der Waals surface area contributed by atoms with E-state index in [9.17, 15) is 9.59 Å². The van der Waals surface area contributed by atoms with Gasteiger partial charge in [0.2, 0.25) is 13.6 Å². The zero-order chi connectivity index (χ0) is 31.0. The van der Waals surface area contributed by atoms with Crippen molar-refractivity contribution >= 4 is 11.9 Å². The molecule has 0 aliphatic heterocycles. The van der Waals surface area contributed by atoms with Crippen LogP contribution in [0.2, 0.25) is 0 Å². The normalized spacial score (nSPS) is 11.1. The maximum atomic E-state index is 11.9. The highest BCUT2D eigenvalue weighted by molar-refractivity contribution is 5.87.